The van der Waals surface area contributed by atoms with E-state index in [2.05, 4.69) is 18.8 Å². The number of halogens is 3. The zero-order valence-electron chi connectivity index (χ0n) is 14.7. The normalized spacial score (nSPS) is 12.2. The number of rotatable bonds is 5. The Bertz CT molecular complexity index is 965. The van der Waals surface area contributed by atoms with Crippen molar-refractivity contribution in [2.45, 2.75) is 39.4 Å². The maximum atomic E-state index is 12.9. The number of benzene rings is 2. The summed E-state index contributed by atoms with van der Waals surface area (Å²) in [4.78, 5) is 15.1. The Balaban J connectivity index is 2.02. The molecule has 0 aliphatic carbocycles. The van der Waals surface area contributed by atoms with Gasteiger partial charge in [-0.1, -0.05) is 44.9 Å². The standard InChI is InChI=1S/C20H21F3N2O/c1-3-13(4-2)12-25-18-9-8-15(11-17(18)24-19(25)26)14-6-5-7-16(10-14)20(21,22)23/h5-11,13H,3-4,12H2,1-2H3,(H,24,26). The summed E-state index contributed by atoms with van der Waals surface area (Å²) in [5, 5.41) is 0. The quantitative estimate of drug-likeness (QED) is 0.644. The summed E-state index contributed by atoms with van der Waals surface area (Å²) in [6.07, 6.45) is -2.41. The van der Waals surface area contributed by atoms with Crippen molar-refractivity contribution in [3.8, 4) is 11.1 Å². The summed E-state index contributed by atoms with van der Waals surface area (Å²) in [7, 11) is 0. The van der Waals surface area contributed by atoms with Gasteiger partial charge in [0.05, 0.1) is 16.6 Å². The molecular weight excluding hydrogens is 341 g/mol. The van der Waals surface area contributed by atoms with Crippen LogP contribution in [0.25, 0.3) is 22.2 Å². The molecule has 0 aliphatic rings. The Kier molecular flexibility index (Phi) is 4.94. The number of H-pyrrole nitrogens is 1. The Morgan fingerprint density at radius 2 is 1.73 bits per heavy atom. The number of aromatic amines is 1. The van der Waals surface area contributed by atoms with E-state index in [-0.39, 0.29) is 5.69 Å². The van der Waals surface area contributed by atoms with Crippen molar-refractivity contribution in [1.29, 1.82) is 0 Å². The van der Waals surface area contributed by atoms with E-state index in [9.17, 15) is 18.0 Å². The van der Waals surface area contributed by atoms with Gasteiger partial charge in [-0.15, -0.1) is 0 Å². The summed E-state index contributed by atoms with van der Waals surface area (Å²) >= 11 is 0. The fourth-order valence-electron chi connectivity index (χ4n) is 3.20. The van der Waals surface area contributed by atoms with Gasteiger partial charge in [-0.05, 0) is 41.3 Å². The average molecular weight is 362 g/mol. The van der Waals surface area contributed by atoms with Crippen molar-refractivity contribution in [3.63, 3.8) is 0 Å². The summed E-state index contributed by atoms with van der Waals surface area (Å²) < 4.78 is 40.5. The molecule has 0 radical (unpaired) electrons. The molecule has 3 nitrogen and oxygen atoms in total. The molecule has 1 heterocycles. The maximum Gasteiger partial charge on any atom is 0.416 e. The third-order valence-electron chi connectivity index (χ3n) is 4.89. The topological polar surface area (TPSA) is 37.8 Å². The molecule has 26 heavy (non-hydrogen) atoms. The number of alkyl halides is 3. The molecule has 138 valence electrons. The molecule has 1 N–H and O–H groups in total. The van der Waals surface area contributed by atoms with Crippen molar-refractivity contribution in [2.24, 2.45) is 5.92 Å². The molecule has 6 heteroatoms. The Morgan fingerprint density at radius 3 is 2.38 bits per heavy atom. The zero-order chi connectivity index (χ0) is 18.9. The minimum absolute atomic E-state index is 0.187. The maximum absolute atomic E-state index is 12.9. The summed E-state index contributed by atoms with van der Waals surface area (Å²) in [6.45, 7) is 4.83. The van der Waals surface area contributed by atoms with Gasteiger partial charge in [-0.25, -0.2) is 4.79 Å². The van der Waals surface area contributed by atoms with Crippen LogP contribution in [0.4, 0.5) is 13.2 Å². The number of imidazole rings is 1. The molecule has 0 atom stereocenters. The first-order valence-electron chi connectivity index (χ1n) is 8.73. The molecule has 0 saturated heterocycles. The van der Waals surface area contributed by atoms with Gasteiger partial charge in [0.1, 0.15) is 0 Å². The summed E-state index contributed by atoms with van der Waals surface area (Å²) in [5.74, 6) is 0.412. The predicted octanol–water partition coefficient (Wildman–Crippen LogP) is 5.45. The van der Waals surface area contributed by atoms with Crippen LogP contribution in [-0.4, -0.2) is 9.55 Å². The SMILES string of the molecule is CCC(CC)Cn1c(=O)[nH]c2cc(-c3cccc(C(F)(F)F)c3)ccc21. The lowest BCUT2D eigenvalue weighted by atomic mass is 10.0. The number of nitrogens with zero attached hydrogens (tertiary/aromatic N) is 1. The molecule has 0 unspecified atom stereocenters. The van der Waals surface area contributed by atoms with E-state index in [1.807, 2.05) is 0 Å². The highest BCUT2D eigenvalue weighted by Crippen LogP contribution is 2.32. The summed E-state index contributed by atoms with van der Waals surface area (Å²) in [6, 6.07) is 10.5. The molecule has 3 rings (SSSR count). The number of hydrogen-bond donors (Lipinski definition) is 1. The predicted molar refractivity (Wildman–Crippen MR) is 97.1 cm³/mol. The van der Waals surface area contributed by atoms with Crippen LogP contribution in [0.5, 0.6) is 0 Å². The van der Waals surface area contributed by atoms with Crippen LogP contribution < -0.4 is 5.69 Å². The van der Waals surface area contributed by atoms with Crippen molar-refractivity contribution < 1.29 is 13.2 Å². The third kappa shape index (κ3) is 3.54. The number of fused-ring (bicyclic) bond motifs is 1. The first kappa shape index (κ1) is 18.3. The molecule has 3 aromatic rings. The molecule has 0 aliphatic heterocycles. The fourth-order valence-corrected chi connectivity index (χ4v) is 3.20. The van der Waals surface area contributed by atoms with Gasteiger partial charge in [-0.3, -0.25) is 4.57 Å². The molecule has 2 aromatic carbocycles. The van der Waals surface area contributed by atoms with Crippen LogP contribution in [0.2, 0.25) is 0 Å². The second kappa shape index (κ2) is 7.02. The largest absolute Gasteiger partial charge is 0.416 e. The van der Waals surface area contributed by atoms with E-state index in [4.69, 9.17) is 0 Å². The van der Waals surface area contributed by atoms with Crippen molar-refractivity contribution in [2.75, 3.05) is 0 Å². The molecule has 0 bridgehead atoms. The monoisotopic (exact) mass is 362 g/mol. The molecule has 0 fully saturated rings. The van der Waals surface area contributed by atoms with E-state index in [1.165, 1.54) is 6.07 Å². The highest BCUT2D eigenvalue weighted by molar-refractivity contribution is 5.82. The van der Waals surface area contributed by atoms with Crippen molar-refractivity contribution in [3.05, 3.63) is 58.5 Å². The second-order valence-electron chi connectivity index (χ2n) is 6.53. The minimum atomic E-state index is -4.38. The van der Waals surface area contributed by atoms with Crippen LogP contribution >= 0.6 is 0 Å². The van der Waals surface area contributed by atoms with Crippen LogP contribution in [-0.2, 0) is 12.7 Å². The van der Waals surface area contributed by atoms with Gasteiger partial charge in [0.25, 0.3) is 0 Å². The Morgan fingerprint density at radius 1 is 1.04 bits per heavy atom. The van der Waals surface area contributed by atoms with Gasteiger partial charge in [0.15, 0.2) is 0 Å². The van der Waals surface area contributed by atoms with E-state index < -0.39 is 11.7 Å². The van der Waals surface area contributed by atoms with Crippen molar-refractivity contribution >= 4 is 11.0 Å². The van der Waals surface area contributed by atoms with Gasteiger partial charge in [-0.2, -0.15) is 13.2 Å². The number of nitrogens with one attached hydrogen (secondary N) is 1. The van der Waals surface area contributed by atoms with E-state index in [0.717, 1.165) is 30.5 Å². The van der Waals surface area contributed by atoms with Crippen LogP contribution in [0.3, 0.4) is 0 Å². The Hall–Kier alpha value is -2.50. The summed E-state index contributed by atoms with van der Waals surface area (Å²) in [5.41, 5.74) is 1.64. The molecule has 0 amide bonds. The van der Waals surface area contributed by atoms with Gasteiger partial charge in [0, 0.05) is 6.54 Å². The van der Waals surface area contributed by atoms with Crippen LogP contribution in [0.1, 0.15) is 32.3 Å². The average Bonchev–Trinajstić information content (AvgIpc) is 2.93. The lowest BCUT2D eigenvalue weighted by Gasteiger charge is -2.13. The first-order valence-corrected chi connectivity index (χ1v) is 8.73. The molecular formula is C20H21F3N2O. The number of hydrogen-bond acceptors (Lipinski definition) is 1. The molecule has 0 saturated carbocycles. The van der Waals surface area contributed by atoms with Crippen LogP contribution in [0.15, 0.2) is 47.3 Å². The lowest BCUT2D eigenvalue weighted by molar-refractivity contribution is -0.137. The first-order chi connectivity index (χ1) is 12.3. The van der Waals surface area contributed by atoms with Crippen molar-refractivity contribution in [1.82, 2.24) is 9.55 Å². The third-order valence-corrected chi connectivity index (χ3v) is 4.89. The minimum Gasteiger partial charge on any atom is -0.306 e. The van der Waals surface area contributed by atoms with Gasteiger partial charge < -0.3 is 4.98 Å². The fraction of sp³-hybridized carbons (Fsp3) is 0.350. The van der Waals surface area contributed by atoms with E-state index in [0.29, 0.717) is 29.1 Å². The lowest BCUT2D eigenvalue weighted by Crippen LogP contribution is -2.21. The second-order valence-corrected chi connectivity index (χ2v) is 6.53. The smallest absolute Gasteiger partial charge is 0.306 e. The zero-order valence-corrected chi connectivity index (χ0v) is 14.7. The highest BCUT2D eigenvalue weighted by atomic mass is 19.4. The number of aromatic nitrogens is 2. The highest BCUT2D eigenvalue weighted by Gasteiger charge is 2.30. The van der Waals surface area contributed by atoms with E-state index in [1.54, 1.807) is 28.8 Å². The van der Waals surface area contributed by atoms with Gasteiger partial charge >= 0.3 is 11.9 Å². The van der Waals surface area contributed by atoms with Crippen LogP contribution in [0, 0.1) is 5.92 Å². The molecule has 0 spiro atoms. The Labute approximate surface area is 149 Å². The van der Waals surface area contributed by atoms with E-state index >= 15 is 0 Å². The van der Waals surface area contributed by atoms with Gasteiger partial charge in [0.2, 0.25) is 0 Å². The molecule has 1 aromatic heterocycles.